The van der Waals surface area contributed by atoms with Crippen LogP contribution in [0.5, 0.6) is 0 Å². The van der Waals surface area contributed by atoms with E-state index in [0.29, 0.717) is 0 Å². The lowest BCUT2D eigenvalue weighted by atomic mass is 11.8. The molecule has 0 bridgehead atoms. The fourth-order valence-corrected chi connectivity index (χ4v) is 41.2. The van der Waals surface area contributed by atoms with E-state index in [-0.39, 0.29) is 0 Å². The van der Waals surface area contributed by atoms with Crippen molar-refractivity contribution in [2.75, 3.05) is 5.50 Å². The molecular formula is C7H20Cl2Si3. The summed E-state index contributed by atoms with van der Waals surface area (Å²) in [5, 5.41) is 0. The Morgan fingerprint density at radius 2 is 1.08 bits per heavy atom. The quantitative estimate of drug-likeness (QED) is 0.411. The molecule has 12 heavy (non-hydrogen) atoms. The van der Waals surface area contributed by atoms with Crippen molar-refractivity contribution in [3.05, 3.63) is 0 Å². The average Bonchev–Trinajstić information content (AvgIpc) is 1.81. The van der Waals surface area contributed by atoms with Crippen molar-refractivity contribution in [2.24, 2.45) is 0 Å². The summed E-state index contributed by atoms with van der Waals surface area (Å²) in [5.41, 5.74) is 0.750. The third kappa shape index (κ3) is 2.38. The summed E-state index contributed by atoms with van der Waals surface area (Å²) in [4.78, 5) is 0. The van der Waals surface area contributed by atoms with Gasteiger partial charge in [-0.05, 0) is 0 Å². The van der Waals surface area contributed by atoms with Gasteiger partial charge in [0.15, 0.2) is 6.42 Å². The number of halogens is 2. The summed E-state index contributed by atoms with van der Waals surface area (Å²) in [6.07, 6.45) is -1.61. The topological polar surface area (TPSA) is 0 Å². The molecule has 0 radical (unpaired) electrons. The van der Waals surface area contributed by atoms with Crippen molar-refractivity contribution in [2.45, 2.75) is 39.3 Å². The molecule has 0 aliphatic carbocycles. The molecule has 0 aromatic rings. The van der Waals surface area contributed by atoms with Crippen LogP contribution in [0.15, 0.2) is 0 Å². The number of alkyl halides is 1. The van der Waals surface area contributed by atoms with Crippen molar-refractivity contribution < 1.29 is 0 Å². The summed E-state index contributed by atoms with van der Waals surface area (Å²) >= 11 is 12.9. The fraction of sp³-hybridized carbons (Fsp3) is 1.00. The molecule has 0 amide bonds. The van der Waals surface area contributed by atoms with Gasteiger partial charge in [-0.15, -0.1) is 11.6 Å². The molecule has 0 atom stereocenters. The predicted molar refractivity (Wildman–Crippen MR) is 69.0 cm³/mol. The van der Waals surface area contributed by atoms with Crippen molar-refractivity contribution in [1.29, 1.82) is 0 Å². The Labute approximate surface area is 89.0 Å². The maximum absolute atomic E-state index is 6.81. The van der Waals surface area contributed by atoms with Gasteiger partial charge >= 0.3 is 0 Å². The first kappa shape index (κ1) is 13.2. The zero-order valence-corrected chi connectivity index (χ0v) is 13.5. The van der Waals surface area contributed by atoms with Gasteiger partial charge in [-0.2, -0.15) is 11.1 Å². The largest absolute Gasteiger partial charge is 0.173 e. The van der Waals surface area contributed by atoms with Crippen molar-refractivity contribution in [3.63, 3.8) is 0 Å². The van der Waals surface area contributed by atoms with Crippen LogP contribution in [0, 0.1) is 0 Å². The second-order valence-electron chi connectivity index (χ2n) is 5.43. The molecule has 0 heterocycles. The van der Waals surface area contributed by atoms with E-state index in [0.717, 1.165) is 5.50 Å². The summed E-state index contributed by atoms with van der Waals surface area (Å²) in [5.74, 6) is 0. The Bertz CT molecular complexity index is 143. The number of hydrogen-bond donors (Lipinski definition) is 0. The van der Waals surface area contributed by atoms with E-state index < -0.39 is 21.6 Å². The fourth-order valence-electron chi connectivity index (χ4n) is 1.53. The van der Waals surface area contributed by atoms with Gasteiger partial charge in [-0.3, -0.25) is 0 Å². The molecule has 0 aliphatic rings. The first-order chi connectivity index (χ1) is 5.06. The van der Waals surface area contributed by atoms with E-state index in [2.05, 4.69) is 39.3 Å². The van der Waals surface area contributed by atoms with E-state index >= 15 is 0 Å². The third-order valence-electron chi connectivity index (χ3n) is 2.56. The lowest BCUT2D eigenvalue weighted by Crippen LogP contribution is -2.69. The molecule has 0 nitrogen and oxygen atoms in total. The highest BCUT2D eigenvalue weighted by molar-refractivity contribution is 7.83. The smallest absolute Gasteiger partial charge is 0.151 e. The van der Waals surface area contributed by atoms with Gasteiger partial charge < -0.3 is 0 Å². The van der Waals surface area contributed by atoms with Crippen LogP contribution in [0.4, 0.5) is 0 Å². The van der Waals surface area contributed by atoms with Crippen LogP contribution in [0.2, 0.25) is 39.3 Å². The van der Waals surface area contributed by atoms with Gasteiger partial charge in [0.2, 0.25) is 0 Å². The van der Waals surface area contributed by atoms with E-state index in [1.165, 1.54) is 0 Å². The second-order valence-corrected chi connectivity index (χ2v) is 36.6. The van der Waals surface area contributed by atoms with E-state index in [1.54, 1.807) is 0 Å². The molecule has 0 fully saturated rings. The van der Waals surface area contributed by atoms with E-state index in [4.69, 9.17) is 22.7 Å². The first-order valence-corrected chi connectivity index (χ1v) is 17.1. The summed E-state index contributed by atoms with van der Waals surface area (Å²) in [6, 6.07) is 0. The van der Waals surface area contributed by atoms with E-state index in [9.17, 15) is 0 Å². The van der Waals surface area contributed by atoms with E-state index in [1.807, 2.05) is 0 Å². The molecule has 0 aromatic heterocycles. The van der Waals surface area contributed by atoms with Crippen LogP contribution in [0.3, 0.4) is 0 Å². The molecule has 0 saturated heterocycles. The van der Waals surface area contributed by atoms with Crippen LogP contribution in [-0.4, -0.2) is 27.1 Å². The minimum Gasteiger partial charge on any atom is -0.173 e. The highest BCUT2D eigenvalue weighted by atomic mass is 35.6. The third-order valence-corrected chi connectivity index (χ3v) is 50.1. The van der Waals surface area contributed by atoms with Crippen LogP contribution in [-0.2, 0) is 0 Å². The summed E-state index contributed by atoms with van der Waals surface area (Å²) in [6.45, 7) is 14.2. The Morgan fingerprint density at radius 1 is 0.833 bits per heavy atom. The molecule has 0 aromatic carbocycles. The molecule has 0 aliphatic heterocycles. The van der Waals surface area contributed by atoms with Crippen LogP contribution in [0.1, 0.15) is 0 Å². The average molecular weight is 259 g/mol. The maximum Gasteiger partial charge on any atom is 0.151 e. The van der Waals surface area contributed by atoms with Gasteiger partial charge in [0.1, 0.15) is 0 Å². The van der Waals surface area contributed by atoms with Crippen LogP contribution in [0.25, 0.3) is 0 Å². The molecule has 0 rings (SSSR count). The van der Waals surface area contributed by atoms with Crippen LogP contribution >= 0.6 is 22.7 Å². The Hall–Kier alpha value is 1.23. The minimum absolute atomic E-state index is 0.750. The van der Waals surface area contributed by atoms with Gasteiger partial charge in [-0.25, -0.2) is 0 Å². The Kier molecular flexibility index (Phi) is 4.16. The predicted octanol–water partition coefficient (Wildman–Crippen LogP) is 3.78. The molecule has 5 heteroatoms. The normalized spacial score (nSPS) is 15.0. The van der Waals surface area contributed by atoms with Crippen molar-refractivity contribution >= 4 is 44.3 Å². The molecule has 74 valence electrons. The van der Waals surface area contributed by atoms with Gasteiger partial charge in [-0.1, -0.05) is 39.3 Å². The Morgan fingerprint density at radius 3 is 1.08 bits per heavy atom. The first-order valence-electron chi connectivity index (χ1n) is 4.31. The van der Waals surface area contributed by atoms with Gasteiger partial charge in [0, 0.05) is 5.50 Å². The van der Waals surface area contributed by atoms with Crippen molar-refractivity contribution in [3.8, 4) is 0 Å². The SMILES string of the molecule is C[Si](C)(C)[Si](Cl)(CCl)[Si](C)(C)C. The zero-order valence-electron chi connectivity index (χ0n) is 8.96. The molecule has 0 spiro atoms. The monoisotopic (exact) mass is 258 g/mol. The van der Waals surface area contributed by atoms with Gasteiger partial charge in [0.25, 0.3) is 0 Å². The second kappa shape index (κ2) is 3.77. The maximum atomic E-state index is 6.81. The standard InChI is InChI=1S/C7H20Cl2Si3/c1-10(2,3)12(9,7-8)11(4,5)6/h7H2,1-6H3. The molecule has 0 saturated carbocycles. The molecule has 0 N–H and O–H groups in total. The minimum atomic E-state index is -1.61. The van der Waals surface area contributed by atoms with Gasteiger partial charge in [0.05, 0.1) is 15.2 Å². The molecular weight excluding hydrogens is 239 g/mol. The lowest BCUT2D eigenvalue weighted by molar-refractivity contribution is 1.75. The summed E-state index contributed by atoms with van der Waals surface area (Å²) in [7, 11) is -2.42. The van der Waals surface area contributed by atoms with Crippen LogP contribution < -0.4 is 0 Å². The number of rotatable bonds is 3. The highest BCUT2D eigenvalue weighted by Crippen LogP contribution is 2.33. The lowest BCUT2D eigenvalue weighted by Gasteiger charge is -2.43. The number of hydrogen-bond acceptors (Lipinski definition) is 0. The Balaban J connectivity index is 4.95. The summed E-state index contributed by atoms with van der Waals surface area (Å²) < 4.78 is 0. The van der Waals surface area contributed by atoms with Crippen molar-refractivity contribution in [1.82, 2.24) is 0 Å². The highest BCUT2D eigenvalue weighted by Gasteiger charge is 2.53. The molecule has 0 unspecified atom stereocenters. The zero-order chi connectivity index (χ0) is 10.2.